The standard InChI is InChI=1S/C42H54N6O6/c1-28(2)20-35(38(49)23-39(50)44-24-29-12-5-3-6-13-29)46-41(52)37(22-33-25-43-27-45-33)47-40(51)36(48-42(53)54-26-30-14-7-4-8-15-30)21-32-18-11-17-31-16-9-10-19-34(31)32/h4,7-11,14-19,25,27-29,35-38,49H,3,5-6,12-13,20-24,26H2,1-2H3,(H,43,45)(H,44,50)(H,46,52)(H,47,51)(H,48,53)/t35-,36-,37-,38-/m0/s1. The van der Waals surface area contributed by atoms with E-state index in [0.29, 0.717) is 24.6 Å². The predicted molar refractivity (Wildman–Crippen MR) is 207 cm³/mol. The minimum absolute atomic E-state index is 0.0122. The number of alkyl carbamates (subject to hydrolysis) is 1. The van der Waals surface area contributed by atoms with Crippen LogP contribution in [0.2, 0.25) is 0 Å². The van der Waals surface area contributed by atoms with Crippen LogP contribution < -0.4 is 21.3 Å². The van der Waals surface area contributed by atoms with E-state index in [-0.39, 0.29) is 37.7 Å². The average molecular weight is 739 g/mol. The zero-order chi connectivity index (χ0) is 38.3. The van der Waals surface area contributed by atoms with Crippen molar-refractivity contribution < 1.29 is 29.0 Å². The van der Waals surface area contributed by atoms with E-state index in [1.165, 1.54) is 25.6 Å². The Morgan fingerprint density at radius 2 is 1.56 bits per heavy atom. The van der Waals surface area contributed by atoms with Gasteiger partial charge in [-0.1, -0.05) is 106 Å². The first-order chi connectivity index (χ1) is 26.1. The van der Waals surface area contributed by atoms with E-state index in [1.54, 1.807) is 6.20 Å². The molecular weight excluding hydrogens is 684 g/mol. The summed E-state index contributed by atoms with van der Waals surface area (Å²) >= 11 is 0. The fraction of sp³-hybridized carbons (Fsp3) is 0.452. The number of amides is 4. The summed E-state index contributed by atoms with van der Waals surface area (Å²) in [6, 6.07) is 19.8. The fourth-order valence-corrected chi connectivity index (χ4v) is 7.06. The van der Waals surface area contributed by atoms with Gasteiger partial charge in [-0.2, -0.15) is 0 Å². The molecule has 1 saturated carbocycles. The van der Waals surface area contributed by atoms with E-state index in [0.717, 1.165) is 34.7 Å². The lowest BCUT2D eigenvalue weighted by Crippen LogP contribution is -2.57. The van der Waals surface area contributed by atoms with Crippen LogP contribution >= 0.6 is 0 Å². The van der Waals surface area contributed by atoms with Crippen molar-refractivity contribution >= 4 is 34.6 Å². The van der Waals surface area contributed by atoms with Gasteiger partial charge in [-0.15, -0.1) is 0 Å². The molecule has 12 nitrogen and oxygen atoms in total. The van der Waals surface area contributed by atoms with Gasteiger partial charge >= 0.3 is 6.09 Å². The Balaban J connectivity index is 1.31. The number of rotatable bonds is 18. The molecule has 1 aromatic heterocycles. The lowest BCUT2D eigenvalue weighted by Gasteiger charge is -2.29. The van der Waals surface area contributed by atoms with Crippen molar-refractivity contribution in [2.24, 2.45) is 11.8 Å². The number of hydrogen-bond donors (Lipinski definition) is 6. The normalized spacial score (nSPS) is 15.5. The van der Waals surface area contributed by atoms with Crippen LogP contribution in [0.4, 0.5) is 4.79 Å². The molecule has 3 aromatic carbocycles. The van der Waals surface area contributed by atoms with Crippen LogP contribution in [-0.4, -0.2) is 69.7 Å². The Kier molecular flexibility index (Phi) is 15.0. The molecule has 0 radical (unpaired) electrons. The average Bonchev–Trinajstić information content (AvgIpc) is 3.69. The molecule has 4 amide bonds. The Bertz CT molecular complexity index is 1790. The number of H-pyrrole nitrogens is 1. The van der Waals surface area contributed by atoms with Crippen LogP contribution in [0.15, 0.2) is 85.3 Å². The number of carbonyl (C=O) groups excluding carboxylic acids is 4. The third-order valence-corrected chi connectivity index (χ3v) is 9.96. The molecule has 1 fully saturated rings. The first kappa shape index (κ1) is 40.0. The maximum absolute atomic E-state index is 14.2. The topological polar surface area (TPSA) is 175 Å². The molecule has 1 aliphatic rings. The molecule has 54 heavy (non-hydrogen) atoms. The smallest absolute Gasteiger partial charge is 0.408 e. The Morgan fingerprint density at radius 1 is 0.852 bits per heavy atom. The Labute approximate surface area is 317 Å². The number of nitrogens with one attached hydrogen (secondary N) is 5. The van der Waals surface area contributed by atoms with Crippen molar-refractivity contribution in [1.82, 2.24) is 31.2 Å². The molecule has 0 spiro atoms. The molecule has 1 heterocycles. The number of aromatic nitrogens is 2. The van der Waals surface area contributed by atoms with Gasteiger partial charge in [0.15, 0.2) is 0 Å². The molecular formula is C42H54N6O6. The molecule has 4 aromatic rings. The minimum Gasteiger partial charge on any atom is -0.445 e. The molecule has 4 atom stereocenters. The van der Waals surface area contributed by atoms with Crippen LogP contribution in [0.1, 0.15) is 75.6 Å². The number of imidazole rings is 1. The first-order valence-corrected chi connectivity index (χ1v) is 19.1. The molecule has 288 valence electrons. The van der Waals surface area contributed by atoms with Crippen molar-refractivity contribution in [1.29, 1.82) is 0 Å². The molecule has 6 N–H and O–H groups in total. The number of fused-ring (bicyclic) bond motifs is 1. The maximum Gasteiger partial charge on any atom is 0.408 e. The van der Waals surface area contributed by atoms with Crippen molar-refractivity contribution in [2.45, 2.75) is 102 Å². The molecule has 0 unspecified atom stereocenters. The summed E-state index contributed by atoms with van der Waals surface area (Å²) in [6.45, 7) is 4.54. The number of nitrogens with zero attached hydrogens (tertiary/aromatic N) is 1. The predicted octanol–water partition coefficient (Wildman–Crippen LogP) is 5.11. The van der Waals surface area contributed by atoms with Crippen LogP contribution in [0, 0.1) is 11.8 Å². The molecule has 1 aliphatic carbocycles. The number of benzene rings is 3. The fourth-order valence-electron chi connectivity index (χ4n) is 7.06. The van der Waals surface area contributed by atoms with Gasteiger partial charge in [0.2, 0.25) is 17.7 Å². The number of carbonyl (C=O) groups is 4. The second-order valence-corrected chi connectivity index (χ2v) is 14.8. The monoisotopic (exact) mass is 738 g/mol. The van der Waals surface area contributed by atoms with Crippen LogP contribution in [0.25, 0.3) is 10.8 Å². The molecule has 12 heteroatoms. The zero-order valence-electron chi connectivity index (χ0n) is 31.3. The molecule has 0 aliphatic heterocycles. The quantitative estimate of drug-likeness (QED) is 0.0823. The van der Waals surface area contributed by atoms with Gasteiger partial charge in [0, 0.05) is 31.3 Å². The van der Waals surface area contributed by atoms with Gasteiger partial charge in [0.05, 0.1) is 24.9 Å². The minimum atomic E-state index is -1.15. The number of aliphatic hydroxyl groups excluding tert-OH is 1. The van der Waals surface area contributed by atoms with Crippen molar-refractivity contribution in [3.63, 3.8) is 0 Å². The lowest BCUT2D eigenvalue weighted by molar-refractivity contribution is -0.131. The summed E-state index contributed by atoms with van der Waals surface area (Å²) in [6.07, 6.45) is 7.28. The number of hydrogen-bond acceptors (Lipinski definition) is 7. The van der Waals surface area contributed by atoms with Gasteiger partial charge in [-0.05, 0) is 53.0 Å². The van der Waals surface area contributed by atoms with E-state index in [9.17, 15) is 24.3 Å². The Hall–Kier alpha value is -5.23. The Morgan fingerprint density at radius 3 is 2.30 bits per heavy atom. The summed E-state index contributed by atoms with van der Waals surface area (Å²) in [5.41, 5.74) is 2.21. The largest absolute Gasteiger partial charge is 0.445 e. The first-order valence-electron chi connectivity index (χ1n) is 19.1. The van der Waals surface area contributed by atoms with Crippen molar-refractivity contribution in [2.75, 3.05) is 6.54 Å². The summed E-state index contributed by atoms with van der Waals surface area (Å²) < 4.78 is 5.49. The highest BCUT2D eigenvalue weighted by Gasteiger charge is 2.32. The van der Waals surface area contributed by atoms with Crippen LogP contribution in [0.5, 0.6) is 0 Å². The molecule has 0 bridgehead atoms. The van der Waals surface area contributed by atoms with Gasteiger partial charge < -0.3 is 36.1 Å². The molecule has 0 saturated heterocycles. The van der Waals surface area contributed by atoms with Gasteiger partial charge in [0.25, 0.3) is 0 Å². The number of aromatic amines is 1. The van der Waals surface area contributed by atoms with E-state index in [4.69, 9.17) is 4.74 Å². The lowest BCUT2D eigenvalue weighted by atomic mass is 9.89. The third kappa shape index (κ3) is 12.4. The SMILES string of the molecule is CC(C)C[C@H](NC(=O)[C@H](Cc1cnc[nH]1)NC(=O)[C@H](Cc1cccc2ccccc12)NC(=O)OCc1ccccc1)[C@@H](O)CC(=O)NCC1CCCCC1. The summed E-state index contributed by atoms with van der Waals surface area (Å²) in [5, 5.41) is 24.7. The van der Waals surface area contributed by atoms with Gasteiger partial charge in [0.1, 0.15) is 18.7 Å². The number of aliphatic hydroxyl groups is 1. The zero-order valence-corrected chi connectivity index (χ0v) is 31.3. The summed E-state index contributed by atoms with van der Waals surface area (Å²) in [5.74, 6) is -0.863. The van der Waals surface area contributed by atoms with E-state index in [1.807, 2.05) is 86.6 Å². The van der Waals surface area contributed by atoms with Crippen LogP contribution in [-0.2, 0) is 38.6 Å². The highest BCUT2D eigenvalue weighted by Crippen LogP contribution is 2.23. The number of ether oxygens (including phenoxy) is 1. The van der Waals surface area contributed by atoms with E-state index < -0.39 is 42.1 Å². The molecule has 5 rings (SSSR count). The highest BCUT2D eigenvalue weighted by atomic mass is 16.5. The highest BCUT2D eigenvalue weighted by molar-refractivity contribution is 5.93. The van der Waals surface area contributed by atoms with Gasteiger partial charge in [-0.25, -0.2) is 9.78 Å². The summed E-state index contributed by atoms with van der Waals surface area (Å²) in [4.78, 5) is 61.4. The van der Waals surface area contributed by atoms with Crippen LogP contribution in [0.3, 0.4) is 0 Å². The summed E-state index contributed by atoms with van der Waals surface area (Å²) in [7, 11) is 0. The second-order valence-electron chi connectivity index (χ2n) is 14.8. The van der Waals surface area contributed by atoms with E-state index in [2.05, 4.69) is 31.2 Å². The van der Waals surface area contributed by atoms with E-state index >= 15 is 0 Å². The van der Waals surface area contributed by atoms with Crippen molar-refractivity contribution in [3.8, 4) is 0 Å². The third-order valence-electron chi connectivity index (χ3n) is 9.96. The maximum atomic E-state index is 14.2. The second kappa shape index (κ2) is 20.3. The van der Waals surface area contributed by atoms with Gasteiger partial charge in [-0.3, -0.25) is 14.4 Å². The van der Waals surface area contributed by atoms with Crippen molar-refractivity contribution in [3.05, 3.63) is 102 Å².